The van der Waals surface area contributed by atoms with E-state index in [-0.39, 0.29) is 49.3 Å². The first-order chi connectivity index (χ1) is 21.4. The summed E-state index contributed by atoms with van der Waals surface area (Å²) in [5.74, 6) is 1.17. The van der Waals surface area contributed by atoms with Gasteiger partial charge in [-0.05, 0) is 42.3 Å². The van der Waals surface area contributed by atoms with Gasteiger partial charge in [0.2, 0.25) is 0 Å². The molecule has 3 aromatic rings. The number of nitrogens with zero attached hydrogens (tertiary/aromatic N) is 2. The van der Waals surface area contributed by atoms with Crippen LogP contribution in [0, 0.1) is 0 Å². The van der Waals surface area contributed by atoms with Gasteiger partial charge in [-0.3, -0.25) is 14.5 Å². The third-order valence-corrected chi connectivity index (χ3v) is 7.55. The highest BCUT2D eigenvalue weighted by molar-refractivity contribution is 5.95. The van der Waals surface area contributed by atoms with Crippen molar-refractivity contribution in [3.05, 3.63) is 87.8 Å². The van der Waals surface area contributed by atoms with Crippen LogP contribution in [0.1, 0.15) is 27.9 Å². The highest BCUT2D eigenvalue weighted by atomic mass is 16.5. The number of pyridine rings is 1. The summed E-state index contributed by atoms with van der Waals surface area (Å²) in [6.07, 6.45) is 2.06. The van der Waals surface area contributed by atoms with Crippen molar-refractivity contribution < 1.29 is 28.5 Å². The fourth-order valence-electron chi connectivity index (χ4n) is 5.27. The number of rotatable bonds is 6. The van der Waals surface area contributed by atoms with Crippen LogP contribution in [0.5, 0.6) is 17.2 Å². The molecule has 234 valence electrons. The molecule has 0 radical (unpaired) electrons. The predicted molar refractivity (Wildman–Crippen MR) is 163 cm³/mol. The van der Waals surface area contributed by atoms with Gasteiger partial charge in [0.15, 0.2) is 0 Å². The van der Waals surface area contributed by atoms with Gasteiger partial charge in [-0.1, -0.05) is 18.2 Å². The van der Waals surface area contributed by atoms with Gasteiger partial charge in [0.1, 0.15) is 23.9 Å². The van der Waals surface area contributed by atoms with Gasteiger partial charge in [0, 0.05) is 70.3 Å². The third kappa shape index (κ3) is 8.37. The lowest BCUT2D eigenvalue weighted by molar-refractivity contribution is -0.0304. The van der Waals surface area contributed by atoms with Gasteiger partial charge in [-0.15, -0.1) is 0 Å². The Morgan fingerprint density at radius 1 is 0.977 bits per heavy atom. The Kier molecular flexibility index (Phi) is 10.5. The maximum absolute atomic E-state index is 13.0. The second-order valence-corrected chi connectivity index (χ2v) is 10.9. The Balaban J connectivity index is 1.36. The van der Waals surface area contributed by atoms with E-state index < -0.39 is 0 Å². The van der Waals surface area contributed by atoms with E-state index in [4.69, 9.17) is 18.9 Å². The minimum atomic E-state index is -0.337. The van der Waals surface area contributed by atoms with E-state index in [1.54, 1.807) is 43.1 Å². The monoisotopic (exact) mass is 605 g/mol. The molecule has 0 unspecified atom stereocenters. The molecule has 1 aromatic heterocycles. The number of aromatic nitrogens is 1. The van der Waals surface area contributed by atoms with E-state index in [2.05, 4.69) is 20.9 Å². The summed E-state index contributed by atoms with van der Waals surface area (Å²) in [5, 5.41) is 8.71. The molecule has 0 spiro atoms. The topological polar surface area (TPSA) is 132 Å². The van der Waals surface area contributed by atoms with Crippen LogP contribution in [0.4, 0.5) is 4.79 Å². The summed E-state index contributed by atoms with van der Waals surface area (Å²) >= 11 is 0. The van der Waals surface area contributed by atoms with E-state index in [9.17, 15) is 14.4 Å². The average molecular weight is 606 g/mol. The fraction of sp³-hybridized carbons (Fsp3) is 0.406. The van der Waals surface area contributed by atoms with Crippen molar-refractivity contribution >= 4 is 11.9 Å². The van der Waals surface area contributed by atoms with Crippen LogP contribution in [0.15, 0.2) is 65.6 Å². The summed E-state index contributed by atoms with van der Waals surface area (Å²) in [6, 6.07) is 15.7. The molecule has 12 nitrogen and oxygen atoms in total. The van der Waals surface area contributed by atoms with Crippen molar-refractivity contribution in [2.75, 3.05) is 46.5 Å². The summed E-state index contributed by atoms with van der Waals surface area (Å²) in [7, 11) is 3.33. The average Bonchev–Trinajstić information content (AvgIpc) is 3.01. The van der Waals surface area contributed by atoms with E-state index in [0.717, 1.165) is 5.56 Å². The van der Waals surface area contributed by atoms with Crippen LogP contribution in [0.2, 0.25) is 0 Å². The molecule has 3 amide bonds. The number of carbonyl (C=O) groups excluding carboxylic acids is 2. The molecule has 12 heteroatoms. The number of hydrogen-bond acceptors (Lipinski definition) is 8. The van der Waals surface area contributed by atoms with Crippen LogP contribution in [0.25, 0.3) is 0 Å². The summed E-state index contributed by atoms with van der Waals surface area (Å²) in [6.45, 7) is 3.18. The second kappa shape index (κ2) is 14.9. The number of carbonyl (C=O) groups is 2. The van der Waals surface area contributed by atoms with Gasteiger partial charge in [-0.25, -0.2) is 4.79 Å². The van der Waals surface area contributed by atoms with Crippen LogP contribution < -0.4 is 31.0 Å². The number of urea groups is 1. The number of nitrogens with one attached hydrogen (secondary N) is 3. The van der Waals surface area contributed by atoms with Crippen molar-refractivity contribution in [1.82, 2.24) is 25.4 Å². The zero-order chi connectivity index (χ0) is 30.9. The Labute approximate surface area is 256 Å². The lowest BCUT2D eigenvalue weighted by Gasteiger charge is -2.38. The minimum absolute atomic E-state index is 0.0270. The molecule has 4 bridgehead atoms. The summed E-state index contributed by atoms with van der Waals surface area (Å²) in [4.78, 5) is 40.6. The standard InChI is InChI=1S/C32H39N5O7/c1-36-11-4-6-23(31(36)39)19-37-12-8-28-29(20-37)43-21-22-5-3-7-25(15-22)44-27-17-24(16-26(18-27)42-14-13-41-2)30(38)33-9-10-34-32(40)35-28/h3-7,11,15-18,28-29H,8-10,12-14,19-21H2,1-2H3,(H,33,38)(H2,34,35,40)/t28-,29-/m0/s1. The molecule has 0 aliphatic carbocycles. The molecule has 2 aliphatic heterocycles. The number of ether oxygens (including phenoxy) is 4. The molecule has 0 saturated carbocycles. The summed E-state index contributed by atoms with van der Waals surface area (Å²) < 4.78 is 25.0. The molecule has 1 fully saturated rings. The molecule has 1 saturated heterocycles. The van der Waals surface area contributed by atoms with Crippen LogP contribution in [-0.2, 0) is 29.7 Å². The lowest BCUT2D eigenvalue weighted by Crippen LogP contribution is -2.57. The second-order valence-electron chi connectivity index (χ2n) is 10.9. The highest BCUT2D eigenvalue weighted by Crippen LogP contribution is 2.29. The summed E-state index contributed by atoms with van der Waals surface area (Å²) in [5.41, 5.74) is 1.93. The maximum atomic E-state index is 13.0. The molecule has 5 rings (SSSR count). The SMILES string of the molecule is COCCOc1cc2cc(c1)C(=O)NCCNC(=O)N[C@H]1CCN(Cc3cccn(C)c3=O)C[C@@H]1OCc1cccc(c1)O2. The van der Waals surface area contributed by atoms with Crippen molar-refractivity contribution in [1.29, 1.82) is 0 Å². The minimum Gasteiger partial charge on any atom is -0.491 e. The number of methoxy groups -OCH3 is 1. The van der Waals surface area contributed by atoms with E-state index >= 15 is 0 Å². The number of hydrogen-bond donors (Lipinski definition) is 3. The zero-order valence-corrected chi connectivity index (χ0v) is 25.0. The van der Waals surface area contributed by atoms with Crippen LogP contribution in [0.3, 0.4) is 0 Å². The number of piperidine rings is 1. The Morgan fingerprint density at radius 3 is 2.70 bits per heavy atom. The van der Waals surface area contributed by atoms with Crippen molar-refractivity contribution in [2.45, 2.75) is 31.7 Å². The largest absolute Gasteiger partial charge is 0.491 e. The van der Waals surface area contributed by atoms with E-state index in [0.29, 0.717) is 67.6 Å². The van der Waals surface area contributed by atoms with Gasteiger partial charge >= 0.3 is 6.03 Å². The fourth-order valence-corrected chi connectivity index (χ4v) is 5.27. The van der Waals surface area contributed by atoms with Gasteiger partial charge < -0.3 is 39.5 Å². The maximum Gasteiger partial charge on any atom is 0.315 e. The molecule has 3 heterocycles. The van der Waals surface area contributed by atoms with Crippen LogP contribution >= 0.6 is 0 Å². The molecule has 44 heavy (non-hydrogen) atoms. The van der Waals surface area contributed by atoms with Gasteiger partial charge in [-0.2, -0.15) is 0 Å². The van der Waals surface area contributed by atoms with Crippen LogP contribution in [-0.4, -0.2) is 80.1 Å². The first-order valence-corrected chi connectivity index (χ1v) is 14.7. The molecule has 2 aromatic carbocycles. The highest BCUT2D eigenvalue weighted by Gasteiger charge is 2.31. The molecule has 2 atom stereocenters. The molecular weight excluding hydrogens is 566 g/mol. The van der Waals surface area contributed by atoms with E-state index in [1.165, 1.54) is 0 Å². The molecule has 3 N–H and O–H groups in total. The zero-order valence-electron chi connectivity index (χ0n) is 25.0. The number of aryl methyl sites for hydroxylation is 1. The number of likely N-dealkylation sites (tertiary alicyclic amines) is 1. The Morgan fingerprint density at radius 2 is 1.84 bits per heavy atom. The van der Waals surface area contributed by atoms with Gasteiger partial charge in [0.25, 0.3) is 11.5 Å². The smallest absolute Gasteiger partial charge is 0.315 e. The molecular formula is C32H39N5O7. The van der Waals surface area contributed by atoms with Crippen molar-refractivity contribution in [3.63, 3.8) is 0 Å². The van der Waals surface area contributed by atoms with Crippen molar-refractivity contribution in [3.8, 4) is 17.2 Å². The number of benzene rings is 2. The first kappa shape index (κ1) is 31.0. The van der Waals surface area contributed by atoms with Gasteiger partial charge in [0.05, 0.1) is 25.4 Å². The Bertz CT molecular complexity index is 1510. The number of fused-ring (bicyclic) bond motifs is 5. The lowest BCUT2D eigenvalue weighted by atomic mass is 10.0. The predicted octanol–water partition coefficient (Wildman–Crippen LogP) is 2.41. The van der Waals surface area contributed by atoms with E-state index in [1.807, 2.05) is 36.4 Å². The molecule has 2 aliphatic rings. The number of amides is 3. The quantitative estimate of drug-likeness (QED) is 0.365. The normalized spacial score (nSPS) is 19.7. The Hall–Kier alpha value is -4.39. The third-order valence-electron chi connectivity index (χ3n) is 7.55. The first-order valence-electron chi connectivity index (χ1n) is 14.7. The van der Waals surface area contributed by atoms with Crippen molar-refractivity contribution in [2.24, 2.45) is 7.05 Å².